The number of hydrogen-bond acceptors (Lipinski definition) is 3. The first-order valence-electron chi connectivity index (χ1n) is 7.40. The fourth-order valence-electron chi connectivity index (χ4n) is 2.97. The van der Waals surface area contributed by atoms with Crippen molar-refractivity contribution in [2.75, 3.05) is 5.32 Å². The molecule has 106 valence electrons. The van der Waals surface area contributed by atoms with Gasteiger partial charge >= 0.3 is 0 Å². The molecular weight excluding hydrogens is 248 g/mol. The number of aromatic nitrogens is 3. The molecule has 0 amide bonds. The van der Waals surface area contributed by atoms with Gasteiger partial charge in [0.2, 0.25) is 5.95 Å². The molecule has 0 atom stereocenters. The molecule has 0 unspecified atom stereocenters. The molecule has 1 fully saturated rings. The summed E-state index contributed by atoms with van der Waals surface area (Å²) in [7, 11) is 0. The summed E-state index contributed by atoms with van der Waals surface area (Å²) in [6, 6.07) is 4.74. The Kier molecular flexibility index (Phi) is 3.47. The van der Waals surface area contributed by atoms with Crippen molar-refractivity contribution >= 4 is 5.95 Å². The molecule has 1 saturated carbocycles. The molecule has 0 saturated heterocycles. The normalized spacial score (nSPS) is 15.8. The number of rotatable bonds is 3. The van der Waals surface area contributed by atoms with Gasteiger partial charge in [0, 0.05) is 17.9 Å². The van der Waals surface area contributed by atoms with Crippen molar-refractivity contribution < 1.29 is 0 Å². The molecule has 1 N–H and O–H groups in total. The van der Waals surface area contributed by atoms with Gasteiger partial charge in [-0.25, -0.2) is 4.98 Å². The Morgan fingerprint density at radius 1 is 1.05 bits per heavy atom. The Morgan fingerprint density at radius 3 is 2.50 bits per heavy atom. The van der Waals surface area contributed by atoms with E-state index in [1.165, 1.54) is 25.7 Å². The van der Waals surface area contributed by atoms with E-state index in [2.05, 4.69) is 45.1 Å². The largest absolute Gasteiger partial charge is 0.353 e. The summed E-state index contributed by atoms with van der Waals surface area (Å²) in [5, 5.41) is 3.59. The fraction of sp³-hybridized carbons (Fsp3) is 0.500. The van der Waals surface area contributed by atoms with Crippen LogP contribution in [0.2, 0.25) is 0 Å². The lowest BCUT2D eigenvalue weighted by molar-refractivity contribution is 0.739. The SMILES string of the molecule is Cc1ccc(-n2cc(C)nc2NC2CCCC2)c(C)n1. The quantitative estimate of drug-likeness (QED) is 0.927. The third-order valence-corrected chi connectivity index (χ3v) is 3.97. The third kappa shape index (κ3) is 2.55. The van der Waals surface area contributed by atoms with E-state index in [9.17, 15) is 0 Å². The lowest BCUT2D eigenvalue weighted by Crippen LogP contribution is -2.18. The molecule has 0 bridgehead atoms. The van der Waals surface area contributed by atoms with Crippen molar-refractivity contribution in [2.24, 2.45) is 0 Å². The predicted octanol–water partition coefficient (Wildman–Crippen LogP) is 3.55. The van der Waals surface area contributed by atoms with Gasteiger partial charge in [-0.1, -0.05) is 12.8 Å². The maximum atomic E-state index is 4.64. The van der Waals surface area contributed by atoms with Crippen molar-refractivity contribution in [1.82, 2.24) is 14.5 Å². The molecule has 3 rings (SSSR count). The topological polar surface area (TPSA) is 42.7 Å². The molecule has 2 heterocycles. The predicted molar refractivity (Wildman–Crippen MR) is 81.4 cm³/mol. The zero-order valence-electron chi connectivity index (χ0n) is 12.5. The summed E-state index contributed by atoms with van der Waals surface area (Å²) in [4.78, 5) is 9.19. The first kappa shape index (κ1) is 13.2. The van der Waals surface area contributed by atoms with Gasteiger partial charge in [-0.05, 0) is 45.7 Å². The number of aryl methyl sites for hydroxylation is 3. The molecule has 20 heavy (non-hydrogen) atoms. The molecule has 0 radical (unpaired) electrons. The second kappa shape index (κ2) is 5.27. The van der Waals surface area contributed by atoms with Gasteiger partial charge in [-0.15, -0.1) is 0 Å². The highest BCUT2D eigenvalue weighted by Gasteiger charge is 2.18. The van der Waals surface area contributed by atoms with Crippen molar-refractivity contribution in [1.29, 1.82) is 0 Å². The van der Waals surface area contributed by atoms with Gasteiger partial charge in [-0.3, -0.25) is 9.55 Å². The molecule has 0 aromatic carbocycles. The van der Waals surface area contributed by atoms with Gasteiger partial charge in [0.05, 0.1) is 17.1 Å². The van der Waals surface area contributed by atoms with Gasteiger partial charge in [0.25, 0.3) is 0 Å². The standard InChI is InChI=1S/C16H22N4/c1-11-8-9-15(13(3)17-11)20-10-12(2)18-16(20)19-14-6-4-5-7-14/h8-10,14H,4-7H2,1-3H3,(H,18,19). The summed E-state index contributed by atoms with van der Waals surface area (Å²) < 4.78 is 2.13. The van der Waals surface area contributed by atoms with Crippen LogP contribution in [-0.4, -0.2) is 20.6 Å². The summed E-state index contributed by atoms with van der Waals surface area (Å²) in [6.45, 7) is 6.11. The van der Waals surface area contributed by atoms with Crippen LogP contribution >= 0.6 is 0 Å². The Labute approximate surface area is 120 Å². The van der Waals surface area contributed by atoms with Gasteiger partial charge < -0.3 is 5.32 Å². The summed E-state index contributed by atoms with van der Waals surface area (Å²) in [5.41, 5.74) is 4.23. The summed E-state index contributed by atoms with van der Waals surface area (Å²) in [5.74, 6) is 0.947. The molecular formula is C16H22N4. The lowest BCUT2D eigenvalue weighted by atomic mass is 10.2. The van der Waals surface area contributed by atoms with E-state index in [0.29, 0.717) is 6.04 Å². The zero-order valence-corrected chi connectivity index (χ0v) is 12.5. The molecule has 0 spiro atoms. The minimum absolute atomic E-state index is 0.564. The molecule has 2 aromatic heterocycles. The minimum atomic E-state index is 0.564. The van der Waals surface area contributed by atoms with E-state index in [-0.39, 0.29) is 0 Å². The Hall–Kier alpha value is -1.84. The monoisotopic (exact) mass is 270 g/mol. The van der Waals surface area contributed by atoms with Crippen molar-refractivity contribution in [3.05, 3.63) is 35.4 Å². The lowest BCUT2D eigenvalue weighted by Gasteiger charge is -2.15. The van der Waals surface area contributed by atoms with E-state index in [1.807, 2.05) is 13.8 Å². The van der Waals surface area contributed by atoms with E-state index in [0.717, 1.165) is 28.7 Å². The summed E-state index contributed by atoms with van der Waals surface area (Å²) in [6.07, 6.45) is 7.22. The Bertz CT molecular complexity index is 609. The number of nitrogens with one attached hydrogen (secondary N) is 1. The molecule has 1 aliphatic rings. The smallest absolute Gasteiger partial charge is 0.208 e. The van der Waals surface area contributed by atoms with Crippen LogP contribution in [0.3, 0.4) is 0 Å². The van der Waals surface area contributed by atoms with E-state index in [1.54, 1.807) is 0 Å². The number of hydrogen-bond donors (Lipinski definition) is 1. The highest BCUT2D eigenvalue weighted by molar-refractivity contribution is 5.46. The highest BCUT2D eigenvalue weighted by atomic mass is 15.2. The van der Waals surface area contributed by atoms with Crippen LogP contribution in [0.25, 0.3) is 5.69 Å². The zero-order chi connectivity index (χ0) is 14.1. The van der Waals surface area contributed by atoms with Crippen LogP contribution in [0.4, 0.5) is 5.95 Å². The van der Waals surface area contributed by atoms with Gasteiger partial charge in [0.1, 0.15) is 0 Å². The van der Waals surface area contributed by atoms with Crippen LogP contribution in [0.15, 0.2) is 18.3 Å². The first-order chi connectivity index (χ1) is 9.63. The van der Waals surface area contributed by atoms with Crippen molar-refractivity contribution in [2.45, 2.75) is 52.5 Å². The van der Waals surface area contributed by atoms with Gasteiger partial charge in [-0.2, -0.15) is 0 Å². The van der Waals surface area contributed by atoms with E-state index < -0.39 is 0 Å². The van der Waals surface area contributed by atoms with Crippen LogP contribution in [-0.2, 0) is 0 Å². The second-order valence-electron chi connectivity index (χ2n) is 5.76. The maximum Gasteiger partial charge on any atom is 0.208 e. The molecule has 0 aliphatic heterocycles. The van der Waals surface area contributed by atoms with Crippen LogP contribution in [0.5, 0.6) is 0 Å². The summed E-state index contributed by atoms with van der Waals surface area (Å²) >= 11 is 0. The second-order valence-corrected chi connectivity index (χ2v) is 5.76. The molecule has 4 nitrogen and oxygen atoms in total. The third-order valence-electron chi connectivity index (χ3n) is 3.97. The van der Waals surface area contributed by atoms with Crippen molar-refractivity contribution in [3.8, 4) is 5.69 Å². The van der Waals surface area contributed by atoms with Crippen LogP contribution < -0.4 is 5.32 Å². The number of anilines is 1. The number of nitrogens with zero attached hydrogens (tertiary/aromatic N) is 3. The Morgan fingerprint density at radius 2 is 1.80 bits per heavy atom. The van der Waals surface area contributed by atoms with Crippen LogP contribution in [0, 0.1) is 20.8 Å². The molecule has 4 heteroatoms. The number of imidazole rings is 1. The molecule has 2 aromatic rings. The average molecular weight is 270 g/mol. The molecule has 1 aliphatic carbocycles. The van der Waals surface area contributed by atoms with E-state index >= 15 is 0 Å². The Balaban J connectivity index is 1.95. The average Bonchev–Trinajstić information content (AvgIpc) is 3.00. The minimum Gasteiger partial charge on any atom is -0.353 e. The van der Waals surface area contributed by atoms with Gasteiger partial charge in [0.15, 0.2) is 0 Å². The van der Waals surface area contributed by atoms with E-state index in [4.69, 9.17) is 0 Å². The fourth-order valence-corrected chi connectivity index (χ4v) is 2.97. The van der Waals surface area contributed by atoms with Crippen LogP contribution in [0.1, 0.15) is 42.8 Å². The maximum absolute atomic E-state index is 4.64. The highest BCUT2D eigenvalue weighted by Crippen LogP contribution is 2.24. The van der Waals surface area contributed by atoms with Crippen molar-refractivity contribution in [3.63, 3.8) is 0 Å². The number of pyridine rings is 1. The first-order valence-corrected chi connectivity index (χ1v) is 7.40.